The van der Waals surface area contributed by atoms with Gasteiger partial charge in [0, 0.05) is 31.4 Å². The second-order valence-corrected chi connectivity index (χ2v) is 9.53. The average molecular weight is 473 g/mol. The van der Waals surface area contributed by atoms with Crippen molar-refractivity contribution in [2.45, 2.75) is 39.3 Å². The molecule has 2 aromatic carbocycles. The van der Waals surface area contributed by atoms with E-state index in [0.717, 1.165) is 50.0 Å². The topological polar surface area (TPSA) is 76.6 Å². The van der Waals surface area contributed by atoms with Crippen LogP contribution < -0.4 is 14.8 Å². The predicted molar refractivity (Wildman–Crippen MR) is 134 cm³/mol. The molecule has 2 saturated heterocycles. The molecule has 1 unspecified atom stereocenters. The van der Waals surface area contributed by atoms with Crippen LogP contribution in [0.2, 0.25) is 0 Å². The minimum absolute atomic E-state index is 0.195. The van der Waals surface area contributed by atoms with E-state index in [-0.39, 0.29) is 11.3 Å². The molecule has 0 radical (unpaired) electrons. The maximum absolute atomic E-state index is 12.4. The number of methoxy groups -OCH3 is 1. The number of hydrogen-bond acceptors (Lipinski definition) is 6. The van der Waals surface area contributed by atoms with Crippen LogP contribution in [-0.4, -0.2) is 47.5 Å². The van der Waals surface area contributed by atoms with Gasteiger partial charge in [0.1, 0.15) is 6.61 Å². The normalized spacial score (nSPS) is 20.1. The lowest BCUT2D eigenvalue weighted by Crippen LogP contribution is -2.46. The zero-order chi connectivity index (χ0) is 24.3. The maximum Gasteiger partial charge on any atom is 0.320 e. The first kappa shape index (κ1) is 23.3. The van der Waals surface area contributed by atoms with Gasteiger partial charge in [0.2, 0.25) is 11.8 Å². The number of carbonyl (C=O) groups excluding carboxylic acids is 1. The maximum atomic E-state index is 12.4. The van der Waals surface area contributed by atoms with E-state index in [1.807, 2.05) is 18.2 Å². The largest absolute Gasteiger partial charge is 0.481 e. The number of hydrogen-bond donors (Lipinski definition) is 1. The van der Waals surface area contributed by atoms with Gasteiger partial charge in [-0.25, -0.2) is 4.98 Å². The minimum Gasteiger partial charge on any atom is -0.481 e. The number of ether oxygens (including phenoxy) is 2. The highest BCUT2D eigenvalue weighted by Gasteiger charge is 2.45. The molecule has 35 heavy (non-hydrogen) atoms. The molecule has 7 nitrogen and oxygen atoms in total. The molecule has 1 aromatic heterocycles. The lowest BCUT2D eigenvalue weighted by molar-refractivity contribution is -0.130. The van der Waals surface area contributed by atoms with Gasteiger partial charge in [-0.1, -0.05) is 48.5 Å². The summed E-state index contributed by atoms with van der Waals surface area (Å²) in [4.78, 5) is 23.7. The fourth-order valence-corrected chi connectivity index (χ4v) is 5.35. The predicted octanol–water partition coefficient (Wildman–Crippen LogP) is 4.14. The van der Waals surface area contributed by atoms with Crippen molar-refractivity contribution in [2.75, 3.05) is 26.7 Å². The van der Waals surface area contributed by atoms with Crippen LogP contribution in [0.1, 0.15) is 36.0 Å². The molecule has 182 valence electrons. The molecular formula is C28H32N4O3. The third kappa shape index (κ3) is 4.86. The number of nitrogens with one attached hydrogen (secondary N) is 1. The summed E-state index contributed by atoms with van der Waals surface area (Å²) < 4.78 is 11.6. The van der Waals surface area contributed by atoms with E-state index in [2.05, 4.69) is 57.4 Å². The number of carbonyl (C=O) groups is 1. The Morgan fingerprint density at radius 2 is 1.94 bits per heavy atom. The molecule has 0 saturated carbocycles. The van der Waals surface area contributed by atoms with Gasteiger partial charge in [0.15, 0.2) is 0 Å². The molecule has 3 heterocycles. The second kappa shape index (κ2) is 10.0. The van der Waals surface area contributed by atoms with Gasteiger partial charge in [0.25, 0.3) is 0 Å². The zero-order valence-corrected chi connectivity index (χ0v) is 20.4. The number of aromatic nitrogens is 2. The number of rotatable bonds is 7. The first-order valence-electron chi connectivity index (χ1n) is 12.3. The van der Waals surface area contributed by atoms with Crippen molar-refractivity contribution in [1.29, 1.82) is 0 Å². The molecule has 3 aromatic rings. The molecule has 7 heteroatoms. The van der Waals surface area contributed by atoms with Gasteiger partial charge in [-0.3, -0.25) is 9.69 Å². The molecule has 0 aliphatic carbocycles. The quantitative estimate of drug-likeness (QED) is 0.557. The van der Waals surface area contributed by atoms with Gasteiger partial charge >= 0.3 is 6.01 Å². The highest BCUT2D eigenvalue weighted by molar-refractivity contribution is 5.85. The Hall–Kier alpha value is -3.45. The van der Waals surface area contributed by atoms with Crippen LogP contribution >= 0.6 is 0 Å². The smallest absolute Gasteiger partial charge is 0.320 e. The number of nitrogens with zero attached hydrogens (tertiary/aromatic N) is 3. The molecular weight excluding hydrogens is 440 g/mol. The van der Waals surface area contributed by atoms with E-state index in [0.29, 0.717) is 25.0 Å². The fourth-order valence-electron chi connectivity index (χ4n) is 5.35. The summed E-state index contributed by atoms with van der Waals surface area (Å²) in [5.41, 5.74) is 5.29. The van der Waals surface area contributed by atoms with Crippen molar-refractivity contribution in [3.63, 3.8) is 0 Å². The molecule has 2 aliphatic rings. The minimum atomic E-state index is -0.248. The van der Waals surface area contributed by atoms with Crippen molar-refractivity contribution in [3.05, 3.63) is 71.4 Å². The Kier molecular flexibility index (Phi) is 6.68. The average Bonchev–Trinajstić information content (AvgIpc) is 3.23. The monoisotopic (exact) mass is 472 g/mol. The Morgan fingerprint density at radius 3 is 2.71 bits per heavy atom. The number of benzene rings is 2. The third-order valence-electron chi connectivity index (χ3n) is 7.30. The Bertz CT molecular complexity index is 1200. The van der Waals surface area contributed by atoms with Gasteiger partial charge in [-0.05, 0) is 55.0 Å². The van der Waals surface area contributed by atoms with Crippen LogP contribution in [0.3, 0.4) is 0 Å². The Morgan fingerprint density at radius 1 is 1.09 bits per heavy atom. The van der Waals surface area contributed by atoms with Crippen LogP contribution in [0.25, 0.3) is 11.1 Å². The van der Waals surface area contributed by atoms with Crippen molar-refractivity contribution in [3.8, 4) is 23.0 Å². The van der Waals surface area contributed by atoms with E-state index in [9.17, 15) is 4.79 Å². The Balaban J connectivity index is 1.27. The Labute approximate surface area is 206 Å². The number of piperidine rings is 1. The van der Waals surface area contributed by atoms with Crippen LogP contribution in [0.4, 0.5) is 0 Å². The molecule has 1 atom stereocenters. The number of likely N-dealkylation sites (tertiary alicyclic amines) is 1. The van der Waals surface area contributed by atoms with Gasteiger partial charge in [-0.15, -0.1) is 0 Å². The van der Waals surface area contributed by atoms with Gasteiger partial charge in [0.05, 0.1) is 12.5 Å². The van der Waals surface area contributed by atoms with Crippen LogP contribution in [0, 0.1) is 12.3 Å². The van der Waals surface area contributed by atoms with Crippen molar-refractivity contribution in [1.82, 2.24) is 20.2 Å². The summed E-state index contributed by atoms with van der Waals surface area (Å²) in [6, 6.07) is 16.9. The molecule has 2 fully saturated rings. The second-order valence-electron chi connectivity index (χ2n) is 9.53. The zero-order valence-electron chi connectivity index (χ0n) is 20.4. The lowest BCUT2D eigenvalue weighted by Gasteiger charge is -2.38. The first-order chi connectivity index (χ1) is 17.1. The first-order valence-corrected chi connectivity index (χ1v) is 12.3. The standard InChI is InChI=1S/C28H32N4O3/c1-20-22(10-6-11-24(20)21-8-4-3-5-9-21)18-35-27-30-16-23(25(31-27)34-2)17-32-15-7-12-28(19-32)13-14-29-26(28)33/h3-6,8-11,16H,7,12-15,17-19H2,1-2H3,(H,29,33). The highest BCUT2D eigenvalue weighted by atomic mass is 16.5. The fraction of sp³-hybridized carbons (Fsp3) is 0.393. The van der Waals surface area contributed by atoms with E-state index in [4.69, 9.17) is 9.47 Å². The van der Waals surface area contributed by atoms with Crippen LogP contribution in [0.15, 0.2) is 54.7 Å². The van der Waals surface area contributed by atoms with Crippen molar-refractivity contribution >= 4 is 5.91 Å². The van der Waals surface area contributed by atoms with Gasteiger partial charge in [-0.2, -0.15) is 4.98 Å². The van der Waals surface area contributed by atoms with Crippen molar-refractivity contribution in [2.24, 2.45) is 5.41 Å². The van der Waals surface area contributed by atoms with Crippen LogP contribution in [0.5, 0.6) is 11.9 Å². The van der Waals surface area contributed by atoms with Gasteiger partial charge < -0.3 is 14.8 Å². The van der Waals surface area contributed by atoms with E-state index in [1.54, 1.807) is 13.3 Å². The van der Waals surface area contributed by atoms with Crippen LogP contribution in [-0.2, 0) is 17.9 Å². The van der Waals surface area contributed by atoms with E-state index in [1.165, 1.54) is 16.7 Å². The summed E-state index contributed by atoms with van der Waals surface area (Å²) in [5.74, 6) is 0.709. The van der Waals surface area contributed by atoms with Crippen molar-refractivity contribution < 1.29 is 14.3 Å². The lowest BCUT2D eigenvalue weighted by atomic mass is 9.78. The molecule has 1 spiro atoms. The van der Waals surface area contributed by atoms with E-state index >= 15 is 0 Å². The molecule has 0 bridgehead atoms. The summed E-state index contributed by atoms with van der Waals surface area (Å²) >= 11 is 0. The molecule has 1 N–H and O–H groups in total. The number of amides is 1. The summed E-state index contributed by atoms with van der Waals surface area (Å²) in [7, 11) is 1.62. The molecule has 2 aliphatic heterocycles. The molecule has 1 amide bonds. The molecule has 5 rings (SSSR count). The SMILES string of the molecule is COc1nc(OCc2cccc(-c3ccccc3)c2C)ncc1CN1CCCC2(CCNC2=O)C1. The summed E-state index contributed by atoms with van der Waals surface area (Å²) in [5, 5.41) is 3.01. The van der Waals surface area contributed by atoms with E-state index < -0.39 is 0 Å². The summed E-state index contributed by atoms with van der Waals surface area (Å²) in [6.45, 7) is 5.63. The summed E-state index contributed by atoms with van der Waals surface area (Å²) in [6.07, 6.45) is 4.66. The third-order valence-corrected chi connectivity index (χ3v) is 7.30. The highest BCUT2D eigenvalue weighted by Crippen LogP contribution is 2.37.